The van der Waals surface area contributed by atoms with Crippen LogP contribution in [0.4, 0.5) is 0 Å². The summed E-state index contributed by atoms with van der Waals surface area (Å²) in [4.78, 5) is 14.0. The molecule has 1 N–H and O–H groups in total. The summed E-state index contributed by atoms with van der Waals surface area (Å²) >= 11 is 0. The molecule has 1 aromatic carbocycles. The molecule has 0 spiro atoms. The van der Waals surface area contributed by atoms with Gasteiger partial charge < -0.3 is 19.7 Å². The third kappa shape index (κ3) is 4.75. The van der Waals surface area contributed by atoms with Crippen LogP contribution in [0.15, 0.2) is 24.3 Å². The van der Waals surface area contributed by atoms with E-state index in [9.17, 15) is 4.79 Å². The fourth-order valence-electron chi connectivity index (χ4n) is 3.05. The minimum absolute atomic E-state index is 0. The summed E-state index contributed by atoms with van der Waals surface area (Å²) in [6, 6.07) is 8.16. The number of nitrogens with one attached hydrogen (secondary N) is 1. The molecule has 0 aliphatic carbocycles. The Labute approximate surface area is 143 Å². The minimum atomic E-state index is -0.103. The molecule has 0 bridgehead atoms. The summed E-state index contributed by atoms with van der Waals surface area (Å²) in [5.41, 5.74) is 0. The summed E-state index contributed by atoms with van der Waals surface area (Å²) in [6.07, 6.45) is 3.83. The number of ether oxygens (including phenoxy) is 2. The largest absolute Gasteiger partial charge is 0.486 e. The van der Waals surface area contributed by atoms with Crippen LogP contribution in [0.25, 0.3) is 0 Å². The molecule has 0 aromatic heterocycles. The molecule has 2 heterocycles. The van der Waals surface area contributed by atoms with E-state index in [1.807, 2.05) is 31.3 Å². The zero-order valence-corrected chi connectivity index (χ0v) is 14.3. The molecule has 0 saturated carbocycles. The fourth-order valence-corrected chi connectivity index (χ4v) is 3.05. The highest BCUT2D eigenvalue weighted by atomic mass is 35.5. The Kier molecular flexibility index (Phi) is 6.54. The topological polar surface area (TPSA) is 50.8 Å². The van der Waals surface area contributed by atoms with Crippen molar-refractivity contribution >= 4 is 18.3 Å². The summed E-state index contributed by atoms with van der Waals surface area (Å²) in [7, 11) is 1.84. The Morgan fingerprint density at radius 2 is 2.13 bits per heavy atom. The van der Waals surface area contributed by atoms with Crippen molar-refractivity contribution in [2.24, 2.45) is 0 Å². The van der Waals surface area contributed by atoms with E-state index < -0.39 is 0 Å². The number of carbonyl (C=O) groups is 1. The maximum Gasteiger partial charge on any atom is 0.222 e. The predicted octanol–water partition coefficient (Wildman–Crippen LogP) is 2.24. The average molecular weight is 341 g/mol. The van der Waals surface area contributed by atoms with Gasteiger partial charge in [-0.1, -0.05) is 12.1 Å². The molecule has 2 atom stereocenters. The van der Waals surface area contributed by atoms with Crippen molar-refractivity contribution in [2.75, 3.05) is 26.7 Å². The zero-order chi connectivity index (χ0) is 15.4. The summed E-state index contributed by atoms with van der Waals surface area (Å²) in [5.74, 6) is 1.71. The van der Waals surface area contributed by atoms with Crippen molar-refractivity contribution in [1.82, 2.24) is 10.2 Å². The zero-order valence-electron chi connectivity index (χ0n) is 13.5. The Hall–Kier alpha value is -1.46. The van der Waals surface area contributed by atoms with Crippen LogP contribution in [-0.2, 0) is 4.79 Å². The third-order valence-corrected chi connectivity index (χ3v) is 4.34. The number of hydrogen-bond donors (Lipinski definition) is 1. The van der Waals surface area contributed by atoms with Gasteiger partial charge in [-0.05, 0) is 37.9 Å². The molecular formula is C17H25ClN2O3. The number of hydrogen-bond acceptors (Lipinski definition) is 4. The van der Waals surface area contributed by atoms with Gasteiger partial charge in [-0.3, -0.25) is 4.79 Å². The van der Waals surface area contributed by atoms with Gasteiger partial charge in [0.2, 0.25) is 5.91 Å². The molecule has 1 fully saturated rings. The van der Waals surface area contributed by atoms with E-state index >= 15 is 0 Å². The molecule has 128 valence electrons. The van der Waals surface area contributed by atoms with Crippen molar-refractivity contribution in [3.8, 4) is 11.5 Å². The first kappa shape index (κ1) is 17.9. The van der Waals surface area contributed by atoms with Crippen molar-refractivity contribution in [2.45, 2.75) is 37.8 Å². The lowest BCUT2D eigenvalue weighted by molar-refractivity contribution is -0.131. The second-order valence-electron chi connectivity index (χ2n) is 6.10. The molecule has 1 saturated heterocycles. The van der Waals surface area contributed by atoms with Crippen LogP contribution in [0.5, 0.6) is 11.5 Å². The number of amides is 1. The maximum absolute atomic E-state index is 12.2. The Morgan fingerprint density at radius 1 is 1.35 bits per heavy atom. The maximum atomic E-state index is 12.2. The quantitative estimate of drug-likeness (QED) is 0.893. The van der Waals surface area contributed by atoms with Gasteiger partial charge in [-0.15, -0.1) is 12.4 Å². The number of halogens is 1. The van der Waals surface area contributed by atoms with Crippen LogP contribution >= 0.6 is 12.4 Å². The van der Waals surface area contributed by atoms with Gasteiger partial charge >= 0.3 is 0 Å². The molecule has 1 amide bonds. The van der Waals surface area contributed by atoms with Gasteiger partial charge in [0.15, 0.2) is 17.6 Å². The number of nitrogens with zero attached hydrogens (tertiary/aromatic N) is 1. The van der Waals surface area contributed by atoms with Crippen LogP contribution in [0.2, 0.25) is 0 Å². The molecular weight excluding hydrogens is 316 g/mol. The number of rotatable bonds is 5. The number of para-hydroxylation sites is 2. The van der Waals surface area contributed by atoms with E-state index in [-0.39, 0.29) is 24.4 Å². The van der Waals surface area contributed by atoms with E-state index in [1.165, 1.54) is 12.8 Å². The molecule has 1 aromatic rings. The van der Waals surface area contributed by atoms with Gasteiger partial charge in [-0.2, -0.15) is 0 Å². The van der Waals surface area contributed by atoms with E-state index in [2.05, 4.69) is 5.32 Å². The van der Waals surface area contributed by atoms with E-state index in [1.54, 1.807) is 4.90 Å². The van der Waals surface area contributed by atoms with E-state index in [0.29, 0.717) is 25.6 Å². The lowest BCUT2D eigenvalue weighted by Crippen LogP contribution is -2.42. The lowest BCUT2D eigenvalue weighted by Gasteiger charge is -2.29. The van der Waals surface area contributed by atoms with Crippen molar-refractivity contribution in [3.63, 3.8) is 0 Å². The summed E-state index contributed by atoms with van der Waals surface area (Å²) in [6.45, 7) is 2.13. The Balaban J connectivity index is 0.00000192. The van der Waals surface area contributed by atoms with Crippen molar-refractivity contribution in [3.05, 3.63) is 24.3 Å². The molecule has 3 rings (SSSR count). The number of benzene rings is 1. The molecule has 2 unspecified atom stereocenters. The number of likely N-dealkylation sites (N-methyl/N-ethyl adjacent to an activating group) is 1. The van der Waals surface area contributed by atoms with Crippen LogP contribution < -0.4 is 14.8 Å². The van der Waals surface area contributed by atoms with Crippen LogP contribution in [-0.4, -0.2) is 49.7 Å². The van der Waals surface area contributed by atoms with Gasteiger partial charge in [0.05, 0.1) is 6.54 Å². The molecule has 5 nitrogen and oxygen atoms in total. The smallest absolute Gasteiger partial charge is 0.222 e. The molecule has 23 heavy (non-hydrogen) atoms. The van der Waals surface area contributed by atoms with Gasteiger partial charge in [0.1, 0.15) is 6.61 Å². The first-order chi connectivity index (χ1) is 10.7. The Bertz CT molecular complexity index is 520. The van der Waals surface area contributed by atoms with Gasteiger partial charge in [-0.25, -0.2) is 0 Å². The SMILES string of the molecule is CN(CC1COc2ccccc2O1)C(=O)CCC1CCCN1.Cl. The monoisotopic (exact) mass is 340 g/mol. The molecule has 6 heteroatoms. The highest BCUT2D eigenvalue weighted by Gasteiger charge is 2.24. The standard InChI is InChI=1S/C17H24N2O3.ClH/c1-19(17(20)9-8-13-5-4-10-18-13)11-14-12-21-15-6-2-3-7-16(15)22-14;/h2-3,6-7,13-14,18H,4-5,8-12H2,1H3;1H. The highest BCUT2D eigenvalue weighted by molar-refractivity contribution is 5.85. The van der Waals surface area contributed by atoms with Crippen LogP contribution in [0, 0.1) is 0 Å². The van der Waals surface area contributed by atoms with Crippen LogP contribution in [0.1, 0.15) is 25.7 Å². The number of fused-ring (bicyclic) bond motifs is 1. The van der Waals surface area contributed by atoms with E-state index in [4.69, 9.17) is 9.47 Å². The van der Waals surface area contributed by atoms with Crippen LogP contribution in [0.3, 0.4) is 0 Å². The summed E-state index contributed by atoms with van der Waals surface area (Å²) in [5, 5.41) is 3.43. The lowest BCUT2D eigenvalue weighted by atomic mass is 10.1. The third-order valence-electron chi connectivity index (χ3n) is 4.34. The molecule has 2 aliphatic heterocycles. The van der Waals surface area contributed by atoms with Crippen molar-refractivity contribution < 1.29 is 14.3 Å². The number of carbonyl (C=O) groups excluding carboxylic acids is 1. The highest BCUT2D eigenvalue weighted by Crippen LogP contribution is 2.30. The first-order valence-electron chi connectivity index (χ1n) is 8.08. The average Bonchev–Trinajstić information content (AvgIpc) is 3.06. The first-order valence-corrected chi connectivity index (χ1v) is 8.08. The molecule has 0 radical (unpaired) electrons. The fraction of sp³-hybridized carbons (Fsp3) is 0.588. The normalized spacial score (nSPS) is 22.3. The summed E-state index contributed by atoms with van der Waals surface area (Å²) < 4.78 is 11.6. The minimum Gasteiger partial charge on any atom is -0.486 e. The molecule has 2 aliphatic rings. The predicted molar refractivity (Wildman–Crippen MR) is 91.5 cm³/mol. The Morgan fingerprint density at radius 3 is 2.87 bits per heavy atom. The van der Waals surface area contributed by atoms with Gasteiger partial charge in [0.25, 0.3) is 0 Å². The van der Waals surface area contributed by atoms with Gasteiger partial charge in [0, 0.05) is 19.5 Å². The van der Waals surface area contributed by atoms with Crippen molar-refractivity contribution in [1.29, 1.82) is 0 Å². The second kappa shape index (κ2) is 8.41. The second-order valence-corrected chi connectivity index (χ2v) is 6.10. The van der Waals surface area contributed by atoms with E-state index in [0.717, 1.165) is 24.5 Å².